The topological polar surface area (TPSA) is 86.5 Å². The third kappa shape index (κ3) is 4.72. The van der Waals surface area contributed by atoms with Crippen LogP contribution in [0.15, 0.2) is 36.5 Å². The second kappa shape index (κ2) is 9.96. The average Bonchev–Trinajstić information content (AvgIpc) is 2.66. The van der Waals surface area contributed by atoms with E-state index in [0.717, 1.165) is 16.9 Å². The third-order valence-electron chi connectivity index (χ3n) is 6.00. The fourth-order valence-electron chi connectivity index (χ4n) is 3.53. The van der Waals surface area contributed by atoms with E-state index in [1.807, 2.05) is 52.8 Å². The predicted molar refractivity (Wildman–Crippen MR) is 124 cm³/mol. The van der Waals surface area contributed by atoms with Crippen LogP contribution in [0.4, 0.5) is 5.69 Å². The quantitative estimate of drug-likeness (QED) is 0.652. The summed E-state index contributed by atoms with van der Waals surface area (Å²) in [5.41, 5.74) is 7.82. The Kier molecular flexibility index (Phi) is 8.69. The summed E-state index contributed by atoms with van der Waals surface area (Å²) >= 11 is 0. The molecule has 3 rings (SSSR count). The SMILES string of the molecule is CCOC1CC(N)(C(=O)Nc2ccc(Oc3cccc(C)c3C)nc2)C1(C)C.Cl.Cl. The van der Waals surface area contributed by atoms with Gasteiger partial charge in [-0.15, -0.1) is 24.8 Å². The van der Waals surface area contributed by atoms with E-state index in [2.05, 4.69) is 10.3 Å². The van der Waals surface area contributed by atoms with Gasteiger partial charge in [0.2, 0.25) is 11.8 Å². The Balaban J connectivity index is 0.00000225. The van der Waals surface area contributed by atoms with E-state index in [9.17, 15) is 4.79 Å². The lowest BCUT2D eigenvalue weighted by Crippen LogP contribution is -2.74. The molecule has 30 heavy (non-hydrogen) atoms. The number of pyridine rings is 1. The fourth-order valence-corrected chi connectivity index (χ4v) is 3.53. The molecule has 1 amide bonds. The molecular weight excluding hydrogens is 425 g/mol. The van der Waals surface area contributed by atoms with Gasteiger partial charge < -0.3 is 20.5 Å². The molecule has 1 aliphatic carbocycles. The zero-order valence-corrected chi connectivity index (χ0v) is 19.7. The molecule has 0 bridgehead atoms. The van der Waals surface area contributed by atoms with Crippen LogP contribution >= 0.6 is 24.8 Å². The van der Waals surface area contributed by atoms with Crippen LogP contribution in [0.2, 0.25) is 0 Å². The van der Waals surface area contributed by atoms with Gasteiger partial charge in [-0.1, -0.05) is 26.0 Å². The summed E-state index contributed by atoms with van der Waals surface area (Å²) in [7, 11) is 0. The zero-order chi connectivity index (χ0) is 20.5. The standard InChI is InChI=1S/C22H29N3O3.2ClH/c1-6-27-18-12-22(23,21(18,4)5)20(26)25-16-10-11-19(24-13-16)28-17-9-7-8-14(2)15(17)3;;/h7-11,13,18H,6,12,23H2,1-5H3,(H,25,26);2*1H. The van der Waals surface area contributed by atoms with Crippen LogP contribution in [0.1, 0.15) is 38.3 Å². The Bertz CT molecular complexity index is 874. The van der Waals surface area contributed by atoms with E-state index < -0.39 is 11.0 Å². The molecule has 1 fully saturated rings. The number of ether oxygens (including phenoxy) is 2. The largest absolute Gasteiger partial charge is 0.439 e. The monoisotopic (exact) mass is 455 g/mol. The maximum Gasteiger partial charge on any atom is 0.245 e. The lowest BCUT2D eigenvalue weighted by molar-refractivity contribution is -0.166. The highest BCUT2D eigenvalue weighted by molar-refractivity contribution is 5.99. The van der Waals surface area contributed by atoms with E-state index >= 15 is 0 Å². The third-order valence-corrected chi connectivity index (χ3v) is 6.00. The molecule has 1 saturated carbocycles. The van der Waals surface area contributed by atoms with Crippen molar-refractivity contribution in [1.82, 2.24) is 4.98 Å². The molecule has 0 spiro atoms. The van der Waals surface area contributed by atoms with Gasteiger partial charge in [-0.05, 0) is 44.0 Å². The van der Waals surface area contributed by atoms with Crippen molar-refractivity contribution in [1.29, 1.82) is 0 Å². The number of aryl methyl sites for hydroxylation is 1. The lowest BCUT2D eigenvalue weighted by Gasteiger charge is -2.57. The number of hydrogen-bond donors (Lipinski definition) is 2. The van der Waals surface area contributed by atoms with Gasteiger partial charge in [0, 0.05) is 24.5 Å². The second-order valence-electron chi connectivity index (χ2n) is 7.98. The van der Waals surface area contributed by atoms with E-state index in [0.29, 0.717) is 24.6 Å². The molecule has 0 saturated heterocycles. The number of carbonyl (C=O) groups is 1. The Labute approximate surface area is 190 Å². The van der Waals surface area contributed by atoms with Crippen LogP contribution in [0, 0.1) is 19.3 Å². The average molecular weight is 456 g/mol. The molecule has 2 atom stereocenters. The maximum absolute atomic E-state index is 12.8. The number of rotatable bonds is 6. The number of nitrogens with two attached hydrogens (primary N) is 1. The van der Waals surface area contributed by atoms with Gasteiger partial charge in [0.1, 0.15) is 11.3 Å². The van der Waals surface area contributed by atoms with Gasteiger partial charge in [-0.25, -0.2) is 4.98 Å². The van der Waals surface area contributed by atoms with Crippen molar-refractivity contribution < 1.29 is 14.3 Å². The van der Waals surface area contributed by atoms with Gasteiger partial charge in [-0.3, -0.25) is 4.79 Å². The minimum atomic E-state index is -0.972. The molecular formula is C22H31Cl2N3O3. The molecule has 8 heteroatoms. The van der Waals surface area contributed by atoms with Crippen molar-refractivity contribution in [2.24, 2.45) is 11.1 Å². The molecule has 1 heterocycles. The molecule has 0 aliphatic heterocycles. The minimum absolute atomic E-state index is 0. The number of nitrogens with one attached hydrogen (secondary N) is 1. The summed E-state index contributed by atoms with van der Waals surface area (Å²) in [6.07, 6.45) is 2.06. The highest BCUT2D eigenvalue weighted by atomic mass is 35.5. The van der Waals surface area contributed by atoms with Crippen LogP contribution in [-0.2, 0) is 9.53 Å². The molecule has 1 aromatic heterocycles. The predicted octanol–water partition coefficient (Wildman–Crippen LogP) is 4.81. The zero-order valence-electron chi connectivity index (χ0n) is 18.0. The first-order valence-electron chi connectivity index (χ1n) is 9.61. The normalized spacial score (nSPS) is 21.5. The smallest absolute Gasteiger partial charge is 0.245 e. The maximum atomic E-state index is 12.8. The van der Waals surface area contributed by atoms with Gasteiger partial charge in [0.25, 0.3) is 0 Å². The van der Waals surface area contributed by atoms with Crippen LogP contribution in [0.5, 0.6) is 11.6 Å². The van der Waals surface area contributed by atoms with Crippen molar-refractivity contribution in [3.8, 4) is 11.6 Å². The Morgan fingerprint density at radius 3 is 2.50 bits per heavy atom. The van der Waals surface area contributed by atoms with Crippen molar-refractivity contribution in [2.45, 2.75) is 52.7 Å². The Hall–Kier alpha value is -1.86. The van der Waals surface area contributed by atoms with E-state index in [4.69, 9.17) is 15.2 Å². The summed E-state index contributed by atoms with van der Waals surface area (Å²) in [5.74, 6) is 1.01. The lowest BCUT2D eigenvalue weighted by atomic mass is 9.54. The van der Waals surface area contributed by atoms with E-state index in [1.54, 1.807) is 18.3 Å². The van der Waals surface area contributed by atoms with Crippen molar-refractivity contribution in [3.63, 3.8) is 0 Å². The second-order valence-corrected chi connectivity index (χ2v) is 7.98. The molecule has 2 unspecified atom stereocenters. The summed E-state index contributed by atoms with van der Waals surface area (Å²) in [6, 6.07) is 9.39. The number of aromatic nitrogens is 1. The number of halogens is 2. The summed E-state index contributed by atoms with van der Waals surface area (Å²) in [6.45, 7) is 10.5. The van der Waals surface area contributed by atoms with Crippen LogP contribution in [-0.4, -0.2) is 29.1 Å². The molecule has 1 aliphatic rings. The first-order chi connectivity index (χ1) is 13.2. The van der Waals surface area contributed by atoms with Crippen molar-refractivity contribution in [3.05, 3.63) is 47.7 Å². The highest BCUT2D eigenvalue weighted by Gasteiger charge is 2.62. The number of anilines is 1. The number of benzene rings is 1. The minimum Gasteiger partial charge on any atom is -0.439 e. The van der Waals surface area contributed by atoms with Crippen LogP contribution < -0.4 is 15.8 Å². The highest BCUT2D eigenvalue weighted by Crippen LogP contribution is 2.50. The molecule has 6 nitrogen and oxygen atoms in total. The Morgan fingerprint density at radius 1 is 1.23 bits per heavy atom. The Morgan fingerprint density at radius 2 is 1.93 bits per heavy atom. The van der Waals surface area contributed by atoms with Crippen LogP contribution in [0.25, 0.3) is 0 Å². The molecule has 1 aromatic carbocycles. The summed E-state index contributed by atoms with van der Waals surface area (Å²) in [4.78, 5) is 17.1. The fraction of sp³-hybridized carbons (Fsp3) is 0.455. The summed E-state index contributed by atoms with van der Waals surface area (Å²) in [5, 5.41) is 2.88. The van der Waals surface area contributed by atoms with E-state index in [1.165, 1.54) is 0 Å². The summed E-state index contributed by atoms with van der Waals surface area (Å²) < 4.78 is 11.5. The molecule has 2 aromatic rings. The van der Waals surface area contributed by atoms with Gasteiger partial charge in [0.15, 0.2) is 0 Å². The first kappa shape index (κ1) is 26.2. The van der Waals surface area contributed by atoms with Crippen molar-refractivity contribution >= 4 is 36.4 Å². The number of hydrogen-bond acceptors (Lipinski definition) is 5. The van der Waals surface area contributed by atoms with E-state index in [-0.39, 0.29) is 36.8 Å². The number of carbonyl (C=O) groups excluding carboxylic acids is 1. The van der Waals surface area contributed by atoms with Crippen LogP contribution in [0.3, 0.4) is 0 Å². The number of amides is 1. The first-order valence-corrected chi connectivity index (χ1v) is 9.61. The van der Waals surface area contributed by atoms with Gasteiger partial charge >= 0.3 is 0 Å². The molecule has 3 N–H and O–H groups in total. The van der Waals surface area contributed by atoms with Gasteiger partial charge in [-0.2, -0.15) is 0 Å². The number of nitrogens with zero attached hydrogens (tertiary/aromatic N) is 1. The van der Waals surface area contributed by atoms with Crippen molar-refractivity contribution in [2.75, 3.05) is 11.9 Å². The molecule has 166 valence electrons. The molecule has 0 radical (unpaired) electrons. The van der Waals surface area contributed by atoms with Gasteiger partial charge in [0.05, 0.1) is 18.0 Å².